The zero-order chi connectivity index (χ0) is 11.6. The number of oxime groups is 1. The lowest BCUT2D eigenvalue weighted by atomic mass is 10.1. The highest BCUT2D eigenvalue weighted by Gasteiger charge is 2.06. The number of aryl methyl sites for hydroxylation is 1. The third-order valence-electron chi connectivity index (χ3n) is 2.67. The summed E-state index contributed by atoms with van der Waals surface area (Å²) in [6.07, 6.45) is 9.87. The van der Waals surface area contributed by atoms with Gasteiger partial charge in [-0.3, -0.25) is 0 Å². The van der Waals surface area contributed by atoms with E-state index >= 15 is 0 Å². The third kappa shape index (κ3) is 6.61. The molecule has 96 valence electrons. The molecule has 0 fully saturated rings. The molecule has 17 heavy (non-hydrogen) atoms. The van der Waals surface area contributed by atoms with Crippen LogP contribution in [0, 0.1) is 0 Å². The van der Waals surface area contributed by atoms with Crippen molar-refractivity contribution in [1.29, 1.82) is 0 Å². The van der Waals surface area contributed by atoms with Crippen LogP contribution in [-0.4, -0.2) is 11.4 Å². The van der Waals surface area contributed by atoms with Gasteiger partial charge in [-0.05, 0) is 12.5 Å². The van der Waals surface area contributed by atoms with Crippen LogP contribution in [0.1, 0.15) is 44.7 Å². The highest BCUT2D eigenvalue weighted by atomic mass is 127. The maximum atomic E-state index is 8.54. The first-order valence-corrected chi connectivity index (χ1v) is 6.04. The van der Waals surface area contributed by atoms with Crippen molar-refractivity contribution >= 4 is 6.21 Å². The zero-order valence-electron chi connectivity index (χ0n) is 10.3. The van der Waals surface area contributed by atoms with Gasteiger partial charge in [0.1, 0.15) is 12.8 Å². The molecule has 0 atom stereocenters. The molecule has 0 amide bonds. The fraction of sp³-hybridized carbons (Fsp3) is 0.538. The van der Waals surface area contributed by atoms with Crippen LogP contribution < -0.4 is 28.5 Å². The second-order valence-corrected chi connectivity index (χ2v) is 3.98. The molecule has 1 rings (SSSR count). The summed E-state index contributed by atoms with van der Waals surface area (Å²) in [6, 6.07) is 5.90. The lowest BCUT2D eigenvalue weighted by Gasteiger charge is -2.00. The molecular weight excluding hydrogens is 327 g/mol. The molecule has 0 aliphatic heterocycles. The summed E-state index contributed by atoms with van der Waals surface area (Å²) < 4.78 is 2.12. The lowest BCUT2D eigenvalue weighted by Crippen LogP contribution is -3.00. The van der Waals surface area contributed by atoms with Crippen molar-refractivity contribution in [1.82, 2.24) is 0 Å². The monoisotopic (exact) mass is 348 g/mol. The van der Waals surface area contributed by atoms with E-state index in [9.17, 15) is 0 Å². The number of rotatable bonds is 7. The number of aromatic nitrogens is 1. The van der Waals surface area contributed by atoms with Crippen molar-refractivity contribution < 1.29 is 33.8 Å². The summed E-state index contributed by atoms with van der Waals surface area (Å²) >= 11 is 0. The highest BCUT2D eigenvalue weighted by Crippen LogP contribution is 2.02. The molecule has 0 radical (unpaired) electrons. The number of nitrogens with zero attached hydrogens (tertiary/aromatic N) is 2. The number of hydrogen-bond donors (Lipinski definition) is 1. The van der Waals surface area contributed by atoms with Crippen molar-refractivity contribution in [2.75, 3.05) is 0 Å². The molecule has 1 aromatic rings. The highest BCUT2D eigenvalue weighted by molar-refractivity contribution is 5.74. The molecule has 1 N–H and O–H groups in total. The predicted octanol–water partition coefficient (Wildman–Crippen LogP) is -0.243. The van der Waals surface area contributed by atoms with E-state index in [-0.39, 0.29) is 24.0 Å². The van der Waals surface area contributed by atoms with Gasteiger partial charge in [0.15, 0.2) is 6.20 Å². The van der Waals surface area contributed by atoms with E-state index in [1.807, 2.05) is 24.4 Å². The van der Waals surface area contributed by atoms with Crippen molar-refractivity contribution in [3.05, 3.63) is 30.1 Å². The first-order valence-electron chi connectivity index (χ1n) is 6.04. The van der Waals surface area contributed by atoms with Crippen LogP contribution in [0.25, 0.3) is 0 Å². The van der Waals surface area contributed by atoms with Crippen LogP contribution in [0.3, 0.4) is 0 Å². The van der Waals surface area contributed by atoms with E-state index in [2.05, 4.69) is 16.6 Å². The summed E-state index contributed by atoms with van der Waals surface area (Å²) in [4.78, 5) is 0. The Morgan fingerprint density at radius 2 is 2.00 bits per heavy atom. The van der Waals surface area contributed by atoms with E-state index in [0.29, 0.717) is 0 Å². The van der Waals surface area contributed by atoms with Crippen molar-refractivity contribution in [2.24, 2.45) is 5.16 Å². The van der Waals surface area contributed by atoms with Crippen LogP contribution in [-0.2, 0) is 6.54 Å². The quantitative estimate of drug-likeness (QED) is 0.181. The van der Waals surface area contributed by atoms with E-state index in [1.165, 1.54) is 38.3 Å². The Hall–Kier alpha value is -0.650. The van der Waals surface area contributed by atoms with Gasteiger partial charge in [-0.1, -0.05) is 31.3 Å². The minimum absolute atomic E-state index is 0. The molecule has 0 spiro atoms. The van der Waals surface area contributed by atoms with Gasteiger partial charge in [-0.2, -0.15) is 4.57 Å². The van der Waals surface area contributed by atoms with Gasteiger partial charge in [0.05, 0.1) is 0 Å². The molecule has 0 aliphatic rings. The smallest absolute Gasteiger partial charge is 0.227 e. The second kappa shape index (κ2) is 10.5. The molecule has 3 nitrogen and oxygen atoms in total. The van der Waals surface area contributed by atoms with Crippen LogP contribution in [0.5, 0.6) is 0 Å². The van der Waals surface area contributed by atoms with Crippen LogP contribution in [0.4, 0.5) is 0 Å². The molecule has 4 heteroatoms. The SMILES string of the molecule is CCCCCCC[n+]1ccccc1/C=N/O.[I-]. The Morgan fingerprint density at radius 3 is 2.71 bits per heavy atom. The molecule has 0 aromatic carbocycles. The lowest BCUT2D eigenvalue weighted by molar-refractivity contribution is -0.698. The van der Waals surface area contributed by atoms with Gasteiger partial charge in [0.25, 0.3) is 0 Å². The van der Waals surface area contributed by atoms with E-state index in [0.717, 1.165) is 12.2 Å². The molecule has 0 unspecified atom stereocenters. The van der Waals surface area contributed by atoms with Gasteiger partial charge in [0.2, 0.25) is 5.69 Å². The largest absolute Gasteiger partial charge is 1.00 e. The van der Waals surface area contributed by atoms with Gasteiger partial charge in [0, 0.05) is 18.6 Å². The topological polar surface area (TPSA) is 36.5 Å². The first kappa shape index (κ1) is 16.4. The normalized spacial score (nSPS) is 10.4. The summed E-state index contributed by atoms with van der Waals surface area (Å²) in [5.41, 5.74) is 0.945. The van der Waals surface area contributed by atoms with Crippen molar-refractivity contribution in [3.8, 4) is 0 Å². The van der Waals surface area contributed by atoms with Crippen LogP contribution >= 0.6 is 0 Å². The zero-order valence-corrected chi connectivity index (χ0v) is 12.5. The average Bonchev–Trinajstić information content (AvgIpc) is 2.31. The second-order valence-electron chi connectivity index (χ2n) is 3.98. The number of halogens is 1. The summed E-state index contributed by atoms with van der Waals surface area (Å²) in [5, 5.41) is 11.6. The molecule has 1 aromatic heterocycles. The Balaban J connectivity index is 0.00000256. The third-order valence-corrected chi connectivity index (χ3v) is 2.67. The first-order chi connectivity index (χ1) is 7.88. The van der Waals surface area contributed by atoms with Crippen molar-refractivity contribution in [2.45, 2.75) is 45.6 Å². The molecule has 0 aliphatic carbocycles. The Bertz CT molecular complexity index is 329. The van der Waals surface area contributed by atoms with Gasteiger partial charge in [-0.25, -0.2) is 0 Å². The summed E-state index contributed by atoms with van der Waals surface area (Å²) in [6.45, 7) is 3.22. The van der Waals surface area contributed by atoms with E-state index < -0.39 is 0 Å². The van der Waals surface area contributed by atoms with E-state index in [4.69, 9.17) is 5.21 Å². The molecule has 0 saturated carbocycles. The molecule has 0 bridgehead atoms. The number of unbranched alkanes of at least 4 members (excludes halogenated alkanes) is 4. The predicted molar refractivity (Wildman–Crippen MR) is 64.8 cm³/mol. The minimum Gasteiger partial charge on any atom is -1.00 e. The molecular formula is C13H21IN2O. The Morgan fingerprint density at radius 1 is 1.24 bits per heavy atom. The molecule has 0 saturated heterocycles. The Kier molecular flexibility index (Phi) is 10.1. The maximum Gasteiger partial charge on any atom is 0.227 e. The number of pyridine rings is 1. The summed E-state index contributed by atoms with van der Waals surface area (Å²) in [7, 11) is 0. The van der Waals surface area contributed by atoms with Crippen LogP contribution in [0.2, 0.25) is 0 Å². The van der Waals surface area contributed by atoms with Gasteiger partial charge >= 0.3 is 0 Å². The van der Waals surface area contributed by atoms with Gasteiger partial charge in [-0.15, -0.1) is 0 Å². The number of hydrogen-bond acceptors (Lipinski definition) is 2. The molecule has 1 heterocycles. The van der Waals surface area contributed by atoms with Crippen LogP contribution in [0.15, 0.2) is 29.6 Å². The minimum atomic E-state index is 0. The fourth-order valence-corrected chi connectivity index (χ4v) is 1.76. The fourth-order valence-electron chi connectivity index (χ4n) is 1.76. The average molecular weight is 348 g/mol. The Labute approximate surface area is 121 Å². The van der Waals surface area contributed by atoms with E-state index in [1.54, 1.807) is 0 Å². The van der Waals surface area contributed by atoms with Gasteiger partial charge < -0.3 is 29.2 Å². The standard InChI is InChI=1S/C13H20N2O.HI/c1-2-3-4-5-7-10-15-11-8-6-9-13(15)12-14-16;/h6,8-9,11-12H,2-5,7,10H2,1H3;1H. The van der Waals surface area contributed by atoms with Crippen molar-refractivity contribution in [3.63, 3.8) is 0 Å². The maximum absolute atomic E-state index is 8.54. The summed E-state index contributed by atoms with van der Waals surface area (Å²) in [5.74, 6) is 0.